The molecule has 0 heterocycles. The Bertz CT molecular complexity index is 230. The lowest BCUT2D eigenvalue weighted by Gasteiger charge is -2.28. The first-order valence-electron chi connectivity index (χ1n) is 4.58. The van der Waals surface area contributed by atoms with Crippen LogP contribution in [0.2, 0.25) is 0 Å². The van der Waals surface area contributed by atoms with Crippen LogP contribution in [-0.4, -0.2) is 79.4 Å². The van der Waals surface area contributed by atoms with Gasteiger partial charge >= 0.3 is 0 Å². The van der Waals surface area contributed by atoms with Crippen molar-refractivity contribution in [1.29, 1.82) is 0 Å². The number of thiocarbonyl (C=S) groups is 1. The first-order chi connectivity index (χ1) is 7.31. The molecule has 6 nitrogen and oxygen atoms in total. The smallest absolute Gasteiger partial charge is 0.133 e. The average Bonchev–Trinajstić information content (AvgIpc) is 2.25. The molecular formula is C8H17NO5S2. The lowest BCUT2D eigenvalue weighted by molar-refractivity contribution is -0.116. The third-order valence-electron chi connectivity index (χ3n) is 2.11. The van der Waals surface area contributed by atoms with Gasteiger partial charge in [-0.3, -0.25) is 0 Å². The van der Waals surface area contributed by atoms with E-state index in [1.54, 1.807) is 7.05 Å². The minimum atomic E-state index is -1.62. The van der Waals surface area contributed by atoms with Crippen molar-refractivity contribution in [2.24, 2.45) is 0 Å². The zero-order valence-corrected chi connectivity index (χ0v) is 10.5. The summed E-state index contributed by atoms with van der Waals surface area (Å²) in [5, 5.41) is 45.9. The molecule has 0 unspecified atom stereocenters. The Labute approximate surface area is 105 Å². The average molecular weight is 271 g/mol. The number of nitrogens with zero attached hydrogens (tertiary/aromatic N) is 1. The molecule has 0 bridgehead atoms. The summed E-state index contributed by atoms with van der Waals surface area (Å²) >= 11 is 8.57. The molecule has 0 aliphatic heterocycles. The fourth-order valence-corrected chi connectivity index (χ4v) is 1.19. The lowest BCUT2D eigenvalue weighted by Crippen LogP contribution is -2.49. The number of hydrogen-bond donors (Lipinski definition) is 6. The first kappa shape index (κ1) is 16.0. The van der Waals surface area contributed by atoms with Gasteiger partial charge in [-0.15, -0.1) is 12.6 Å². The Morgan fingerprint density at radius 1 is 1.19 bits per heavy atom. The number of likely N-dealkylation sites (N-methyl/N-ethyl adjacent to an activating group) is 1. The summed E-state index contributed by atoms with van der Waals surface area (Å²) in [5.41, 5.74) is 0. The van der Waals surface area contributed by atoms with E-state index in [1.807, 2.05) is 0 Å². The molecule has 0 radical (unpaired) electrons. The van der Waals surface area contributed by atoms with Crippen LogP contribution in [0.3, 0.4) is 0 Å². The van der Waals surface area contributed by atoms with Crippen molar-refractivity contribution in [2.75, 3.05) is 20.2 Å². The molecule has 0 amide bonds. The van der Waals surface area contributed by atoms with Gasteiger partial charge in [0.25, 0.3) is 0 Å². The Morgan fingerprint density at radius 2 is 1.62 bits per heavy atom. The molecule has 0 aromatic heterocycles. The van der Waals surface area contributed by atoms with Gasteiger partial charge in [-0.2, -0.15) is 0 Å². The van der Waals surface area contributed by atoms with Crippen LogP contribution in [0.4, 0.5) is 0 Å². The van der Waals surface area contributed by atoms with Gasteiger partial charge in [0.2, 0.25) is 0 Å². The van der Waals surface area contributed by atoms with E-state index in [2.05, 4.69) is 12.6 Å². The molecule has 96 valence electrons. The van der Waals surface area contributed by atoms with E-state index in [1.165, 1.54) is 4.90 Å². The zero-order valence-electron chi connectivity index (χ0n) is 8.76. The minimum Gasteiger partial charge on any atom is -0.394 e. The second-order valence-electron chi connectivity index (χ2n) is 3.46. The second kappa shape index (κ2) is 7.38. The Hall–Kier alpha value is 0.0400. The molecule has 5 N–H and O–H groups in total. The van der Waals surface area contributed by atoms with Crippen molar-refractivity contribution >= 4 is 29.2 Å². The quantitative estimate of drug-likeness (QED) is 0.236. The minimum absolute atomic E-state index is 0.0429. The molecule has 0 saturated carbocycles. The summed E-state index contributed by atoms with van der Waals surface area (Å²) in [6.45, 7) is -0.746. The van der Waals surface area contributed by atoms with Gasteiger partial charge in [0, 0.05) is 13.6 Å². The predicted octanol–water partition coefficient (Wildman–Crippen LogP) is -2.43. The third-order valence-corrected chi connectivity index (χ3v) is 2.77. The fourth-order valence-electron chi connectivity index (χ4n) is 1.03. The molecule has 0 rings (SSSR count). The molecule has 0 aromatic carbocycles. The summed E-state index contributed by atoms with van der Waals surface area (Å²) in [6, 6.07) is 0. The van der Waals surface area contributed by atoms with Gasteiger partial charge in [0.05, 0.1) is 12.7 Å². The summed E-state index contributed by atoms with van der Waals surface area (Å²) in [5.74, 6) is 0. The van der Waals surface area contributed by atoms with Gasteiger partial charge in [-0.25, -0.2) is 0 Å². The Morgan fingerprint density at radius 3 is 2.00 bits per heavy atom. The molecule has 0 fully saturated rings. The maximum absolute atomic E-state index is 9.51. The topological polar surface area (TPSA) is 104 Å². The highest BCUT2D eigenvalue weighted by atomic mass is 32.1. The number of thiol groups is 1. The maximum atomic E-state index is 9.51. The van der Waals surface area contributed by atoms with E-state index in [4.69, 9.17) is 22.4 Å². The Kier molecular flexibility index (Phi) is 7.40. The molecule has 0 aliphatic rings. The fraction of sp³-hybridized carbons (Fsp3) is 0.875. The van der Waals surface area contributed by atoms with Crippen molar-refractivity contribution in [3.63, 3.8) is 0 Å². The van der Waals surface area contributed by atoms with Crippen molar-refractivity contribution in [1.82, 2.24) is 4.90 Å². The molecule has 0 aliphatic carbocycles. The van der Waals surface area contributed by atoms with Crippen molar-refractivity contribution in [2.45, 2.75) is 24.4 Å². The summed E-state index contributed by atoms with van der Waals surface area (Å²) < 4.78 is 0.225. The van der Waals surface area contributed by atoms with Crippen molar-refractivity contribution in [3.05, 3.63) is 0 Å². The lowest BCUT2D eigenvalue weighted by atomic mass is 10.0. The summed E-state index contributed by atoms with van der Waals surface area (Å²) in [6.07, 6.45) is -6.02. The number of aliphatic hydroxyl groups is 5. The highest BCUT2D eigenvalue weighted by Crippen LogP contribution is 2.07. The highest BCUT2D eigenvalue weighted by Gasteiger charge is 2.30. The normalized spacial score (nSPS) is 18.7. The standard InChI is InChI=1S/C8H17NO5S2/c1-9(8(15)16)2-4(11)6(13)7(14)5(12)3-10/h4-7,10-14H,2-3H2,1H3,(H,15,16)/t4-,5-,6-,7-/m1/s1. The Balaban J connectivity index is 4.27. The van der Waals surface area contributed by atoms with Crippen LogP contribution in [0, 0.1) is 0 Å². The third kappa shape index (κ3) is 4.91. The van der Waals surface area contributed by atoms with Crippen LogP contribution in [0.25, 0.3) is 0 Å². The van der Waals surface area contributed by atoms with Crippen LogP contribution in [0.5, 0.6) is 0 Å². The van der Waals surface area contributed by atoms with Gasteiger partial charge in [0.15, 0.2) is 0 Å². The molecule has 16 heavy (non-hydrogen) atoms. The van der Waals surface area contributed by atoms with Crippen LogP contribution in [0.15, 0.2) is 0 Å². The van der Waals surface area contributed by atoms with Gasteiger partial charge < -0.3 is 30.4 Å². The van der Waals surface area contributed by atoms with Gasteiger partial charge in [-0.1, -0.05) is 12.2 Å². The van der Waals surface area contributed by atoms with Crippen LogP contribution in [-0.2, 0) is 0 Å². The van der Waals surface area contributed by atoms with E-state index in [9.17, 15) is 15.3 Å². The monoisotopic (exact) mass is 271 g/mol. The van der Waals surface area contributed by atoms with E-state index < -0.39 is 31.0 Å². The molecular weight excluding hydrogens is 254 g/mol. The molecule has 8 heteroatoms. The largest absolute Gasteiger partial charge is 0.394 e. The predicted molar refractivity (Wildman–Crippen MR) is 65.3 cm³/mol. The van der Waals surface area contributed by atoms with E-state index in [-0.39, 0.29) is 10.9 Å². The van der Waals surface area contributed by atoms with Crippen molar-refractivity contribution in [3.8, 4) is 0 Å². The summed E-state index contributed by atoms with van der Waals surface area (Å²) in [7, 11) is 1.56. The molecule has 0 saturated heterocycles. The first-order valence-corrected chi connectivity index (χ1v) is 5.44. The molecule has 0 spiro atoms. The van der Waals surface area contributed by atoms with Crippen LogP contribution >= 0.6 is 24.8 Å². The maximum Gasteiger partial charge on any atom is 0.133 e. The van der Waals surface area contributed by atoms with E-state index in [0.717, 1.165) is 0 Å². The number of hydrogen-bond acceptors (Lipinski definition) is 6. The van der Waals surface area contributed by atoms with Gasteiger partial charge in [-0.05, 0) is 0 Å². The van der Waals surface area contributed by atoms with E-state index >= 15 is 0 Å². The number of rotatable bonds is 6. The van der Waals surface area contributed by atoms with E-state index in [0.29, 0.717) is 0 Å². The van der Waals surface area contributed by atoms with Gasteiger partial charge in [0.1, 0.15) is 22.6 Å². The molecule has 0 aromatic rings. The number of aliphatic hydroxyl groups excluding tert-OH is 5. The van der Waals surface area contributed by atoms with Crippen LogP contribution in [0.1, 0.15) is 0 Å². The highest BCUT2D eigenvalue weighted by molar-refractivity contribution is 8.10. The molecule has 4 atom stereocenters. The summed E-state index contributed by atoms with van der Waals surface area (Å²) in [4.78, 5) is 1.39. The zero-order chi connectivity index (χ0) is 12.9. The SMILES string of the molecule is CN(C[C@@H](O)[C@@H](O)[C@H](O)[C@H](O)CO)C(=S)S. The van der Waals surface area contributed by atoms with Crippen molar-refractivity contribution < 1.29 is 25.5 Å². The van der Waals surface area contributed by atoms with Crippen LogP contribution < -0.4 is 0 Å². The second-order valence-corrected chi connectivity index (χ2v) is 4.57.